The molecule has 6 heteroatoms. The van der Waals surface area contributed by atoms with E-state index in [2.05, 4.69) is 10.3 Å². The number of carbonyl (C=O) groups is 1. The second-order valence-electron chi connectivity index (χ2n) is 5.74. The fraction of sp³-hybridized carbons (Fsp3) is 0.600. The summed E-state index contributed by atoms with van der Waals surface area (Å²) in [6, 6.07) is 3.59. The number of amides is 1. The molecule has 0 bridgehead atoms. The third-order valence-corrected chi connectivity index (χ3v) is 3.61. The number of nitrogens with one attached hydrogen (secondary N) is 1. The van der Waals surface area contributed by atoms with Gasteiger partial charge in [0.15, 0.2) is 0 Å². The number of nitrogens with zero attached hydrogens (tertiary/aromatic N) is 1. The van der Waals surface area contributed by atoms with Crippen LogP contribution < -0.4 is 10.8 Å². The van der Waals surface area contributed by atoms with Gasteiger partial charge in [-0.25, -0.2) is 4.98 Å². The van der Waals surface area contributed by atoms with Gasteiger partial charge in [0.2, 0.25) is 5.91 Å². The first-order valence-corrected chi connectivity index (χ1v) is 7.30. The van der Waals surface area contributed by atoms with Crippen LogP contribution in [0.2, 0.25) is 0 Å². The second kappa shape index (κ2) is 6.58. The summed E-state index contributed by atoms with van der Waals surface area (Å²) in [5.41, 5.74) is 0.0851. The monoisotopic (exact) mass is 292 g/mol. The Bertz CT molecular complexity index is 487. The fourth-order valence-corrected chi connectivity index (χ4v) is 1.82. The zero-order chi connectivity index (χ0) is 16.3. The third-order valence-electron chi connectivity index (χ3n) is 3.61. The van der Waals surface area contributed by atoms with Crippen molar-refractivity contribution in [2.24, 2.45) is 0 Å². The number of pyridine rings is 1. The summed E-state index contributed by atoms with van der Waals surface area (Å²) in [4.78, 5) is 15.1. The molecular formula is C15H25BN2O3. The van der Waals surface area contributed by atoms with E-state index in [0.29, 0.717) is 5.82 Å². The van der Waals surface area contributed by atoms with Gasteiger partial charge >= 0.3 is 7.12 Å². The maximum atomic E-state index is 11.0. The highest BCUT2D eigenvalue weighted by atomic mass is 16.7. The lowest BCUT2D eigenvalue weighted by atomic mass is 9.80. The Morgan fingerprint density at radius 1 is 1.19 bits per heavy atom. The summed E-state index contributed by atoms with van der Waals surface area (Å²) in [6.07, 6.45) is 1.63. The molecule has 0 radical (unpaired) electrons. The van der Waals surface area contributed by atoms with Crippen LogP contribution in [0.15, 0.2) is 18.3 Å². The highest BCUT2D eigenvalue weighted by Crippen LogP contribution is 2.36. The van der Waals surface area contributed by atoms with Crippen molar-refractivity contribution < 1.29 is 14.1 Å². The molecule has 1 N–H and O–H groups in total. The maximum absolute atomic E-state index is 11.0. The standard InChI is InChI=1S/C13H19BN2O3.C2H6/c1-9(17)16-11-8-10(6-7-15-11)14-18-12(2,3)13(4,5)19-14;1-2/h6-8H,1-5H3,(H,15,16,17);1-2H3. The Morgan fingerprint density at radius 2 is 1.71 bits per heavy atom. The summed E-state index contributed by atoms with van der Waals surface area (Å²) in [5, 5.41) is 2.65. The summed E-state index contributed by atoms with van der Waals surface area (Å²) in [6.45, 7) is 13.5. The van der Waals surface area contributed by atoms with E-state index in [1.165, 1.54) is 6.92 Å². The zero-order valence-corrected chi connectivity index (χ0v) is 14.0. The Balaban J connectivity index is 0.00000106. The van der Waals surface area contributed by atoms with Gasteiger partial charge in [-0.3, -0.25) is 4.79 Å². The molecule has 116 valence electrons. The maximum Gasteiger partial charge on any atom is 0.495 e. The average Bonchev–Trinajstić information content (AvgIpc) is 2.60. The molecule has 1 amide bonds. The molecule has 5 nitrogen and oxygen atoms in total. The minimum absolute atomic E-state index is 0.154. The van der Waals surface area contributed by atoms with Crippen molar-refractivity contribution in [3.05, 3.63) is 18.3 Å². The molecule has 2 rings (SSSR count). The fourth-order valence-electron chi connectivity index (χ4n) is 1.82. The van der Waals surface area contributed by atoms with E-state index in [1.807, 2.05) is 47.6 Å². The number of aromatic nitrogens is 1. The van der Waals surface area contributed by atoms with Crippen LogP contribution in [0.3, 0.4) is 0 Å². The molecule has 0 saturated carbocycles. The first-order chi connectivity index (χ1) is 9.71. The highest BCUT2D eigenvalue weighted by Gasteiger charge is 2.51. The minimum Gasteiger partial charge on any atom is -0.399 e. The van der Waals surface area contributed by atoms with Gasteiger partial charge in [0, 0.05) is 13.1 Å². The average molecular weight is 292 g/mol. The molecule has 1 aromatic heterocycles. The van der Waals surface area contributed by atoms with Gasteiger partial charge in [0.05, 0.1) is 11.2 Å². The number of anilines is 1. The molecule has 0 unspecified atom stereocenters. The van der Waals surface area contributed by atoms with Crippen molar-refractivity contribution in [2.45, 2.75) is 59.7 Å². The zero-order valence-electron chi connectivity index (χ0n) is 14.0. The quantitative estimate of drug-likeness (QED) is 0.850. The van der Waals surface area contributed by atoms with Crippen LogP contribution in [0, 0.1) is 0 Å². The van der Waals surface area contributed by atoms with Gasteiger partial charge in [-0.05, 0) is 45.3 Å². The molecule has 2 heterocycles. The lowest BCUT2D eigenvalue weighted by molar-refractivity contribution is -0.114. The van der Waals surface area contributed by atoms with Crippen molar-refractivity contribution in [1.29, 1.82) is 0 Å². The smallest absolute Gasteiger partial charge is 0.399 e. The van der Waals surface area contributed by atoms with Gasteiger partial charge in [0.1, 0.15) is 5.82 Å². The Morgan fingerprint density at radius 3 is 2.19 bits per heavy atom. The number of hydrogen-bond donors (Lipinski definition) is 1. The summed E-state index contributed by atoms with van der Waals surface area (Å²) in [7, 11) is -0.444. The summed E-state index contributed by atoms with van der Waals surface area (Å²) >= 11 is 0. The van der Waals surface area contributed by atoms with Crippen LogP contribution in [-0.2, 0) is 14.1 Å². The topological polar surface area (TPSA) is 60.5 Å². The Hall–Kier alpha value is -1.40. The van der Waals surface area contributed by atoms with Crippen molar-refractivity contribution in [2.75, 3.05) is 5.32 Å². The van der Waals surface area contributed by atoms with E-state index >= 15 is 0 Å². The first kappa shape index (κ1) is 17.7. The van der Waals surface area contributed by atoms with Gasteiger partial charge in [-0.2, -0.15) is 0 Å². The lowest BCUT2D eigenvalue weighted by Crippen LogP contribution is -2.41. The van der Waals surface area contributed by atoms with Gasteiger partial charge < -0.3 is 14.6 Å². The number of hydrogen-bond acceptors (Lipinski definition) is 4. The predicted octanol–water partition coefficient (Wildman–Crippen LogP) is 2.37. The SMILES string of the molecule is CC.CC(=O)Nc1cc(B2OC(C)(C)C(C)(C)O2)ccn1. The van der Waals surface area contributed by atoms with E-state index in [0.717, 1.165) is 5.46 Å². The van der Waals surface area contributed by atoms with Gasteiger partial charge in [-0.1, -0.05) is 13.8 Å². The third kappa shape index (κ3) is 4.05. The van der Waals surface area contributed by atoms with Crippen molar-refractivity contribution in [3.8, 4) is 0 Å². The number of carbonyl (C=O) groups excluding carboxylic acids is 1. The molecule has 0 aliphatic carbocycles. The Kier molecular flexibility index (Phi) is 5.53. The van der Waals surface area contributed by atoms with E-state index in [9.17, 15) is 4.79 Å². The lowest BCUT2D eigenvalue weighted by Gasteiger charge is -2.32. The van der Waals surface area contributed by atoms with Crippen LogP contribution >= 0.6 is 0 Å². The molecule has 21 heavy (non-hydrogen) atoms. The van der Waals surface area contributed by atoms with Crippen LogP contribution in [-0.4, -0.2) is 29.2 Å². The predicted molar refractivity (Wildman–Crippen MR) is 85.6 cm³/mol. The molecule has 1 fully saturated rings. The van der Waals surface area contributed by atoms with Crippen molar-refractivity contribution in [3.63, 3.8) is 0 Å². The second-order valence-corrected chi connectivity index (χ2v) is 5.74. The molecule has 0 aromatic carbocycles. The number of rotatable bonds is 2. The normalized spacial score (nSPS) is 18.7. The minimum atomic E-state index is -0.444. The van der Waals surface area contributed by atoms with Crippen LogP contribution in [0.5, 0.6) is 0 Å². The molecule has 1 aliphatic rings. The van der Waals surface area contributed by atoms with Crippen molar-refractivity contribution >= 4 is 24.3 Å². The van der Waals surface area contributed by atoms with Crippen LogP contribution in [0.4, 0.5) is 5.82 Å². The van der Waals surface area contributed by atoms with E-state index in [4.69, 9.17) is 9.31 Å². The molecule has 1 aliphatic heterocycles. The van der Waals surface area contributed by atoms with E-state index in [-0.39, 0.29) is 17.1 Å². The van der Waals surface area contributed by atoms with E-state index in [1.54, 1.807) is 12.3 Å². The van der Waals surface area contributed by atoms with Gasteiger partial charge in [-0.15, -0.1) is 0 Å². The molecule has 0 spiro atoms. The summed E-state index contributed by atoms with van der Waals surface area (Å²) < 4.78 is 11.9. The summed E-state index contributed by atoms with van der Waals surface area (Å²) in [5.74, 6) is 0.346. The van der Waals surface area contributed by atoms with Gasteiger partial charge in [0.25, 0.3) is 0 Å². The van der Waals surface area contributed by atoms with Crippen LogP contribution in [0.1, 0.15) is 48.5 Å². The van der Waals surface area contributed by atoms with Crippen molar-refractivity contribution in [1.82, 2.24) is 4.98 Å². The molecular weight excluding hydrogens is 267 g/mol. The molecule has 1 saturated heterocycles. The molecule has 1 aromatic rings. The Labute approximate surface area is 127 Å². The first-order valence-electron chi connectivity index (χ1n) is 7.30. The largest absolute Gasteiger partial charge is 0.495 e. The molecule has 0 atom stereocenters. The van der Waals surface area contributed by atoms with E-state index < -0.39 is 7.12 Å². The highest BCUT2D eigenvalue weighted by molar-refractivity contribution is 6.62. The van der Waals surface area contributed by atoms with Crippen LogP contribution in [0.25, 0.3) is 0 Å².